The molecule has 6 heteroatoms. The van der Waals surface area contributed by atoms with E-state index in [1.54, 1.807) is 19.2 Å². The van der Waals surface area contributed by atoms with Gasteiger partial charge < -0.3 is 16.3 Å². The molecule has 0 atom stereocenters. The number of methoxy groups -OCH3 is 1. The van der Waals surface area contributed by atoms with Gasteiger partial charge in [-0.1, -0.05) is 25.4 Å². The first-order valence-corrected chi connectivity index (χ1v) is 6.30. The first-order valence-electron chi connectivity index (χ1n) is 5.92. The molecule has 1 aromatic heterocycles. The Kier molecular flexibility index (Phi) is 3.57. The Bertz CT molecular complexity index is 607. The summed E-state index contributed by atoms with van der Waals surface area (Å²) in [5, 5.41) is 0.511. The zero-order valence-electron chi connectivity index (χ0n) is 11.1. The highest BCUT2D eigenvalue weighted by atomic mass is 35.5. The van der Waals surface area contributed by atoms with Gasteiger partial charge in [-0.05, 0) is 18.2 Å². The fourth-order valence-corrected chi connectivity index (χ4v) is 2.15. The van der Waals surface area contributed by atoms with Crippen molar-refractivity contribution in [1.29, 1.82) is 0 Å². The number of hydrogen-bond donors (Lipinski definition) is 2. The van der Waals surface area contributed by atoms with Gasteiger partial charge in [0.25, 0.3) is 0 Å². The molecule has 0 spiro atoms. The third-order valence-electron chi connectivity index (χ3n) is 2.92. The molecule has 5 nitrogen and oxygen atoms in total. The second kappa shape index (κ2) is 5.01. The summed E-state index contributed by atoms with van der Waals surface area (Å²) in [6.07, 6.45) is 0. The summed E-state index contributed by atoms with van der Waals surface area (Å²) in [5.74, 6) is 7.87. The van der Waals surface area contributed by atoms with Crippen molar-refractivity contribution in [3.63, 3.8) is 0 Å². The lowest BCUT2D eigenvalue weighted by atomic mass is 10.1. The van der Waals surface area contributed by atoms with Crippen molar-refractivity contribution in [3.05, 3.63) is 29.0 Å². The monoisotopic (exact) mass is 280 g/mol. The first-order chi connectivity index (χ1) is 8.95. The van der Waals surface area contributed by atoms with Crippen LogP contribution in [0.2, 0.25) is 5.02 Å². The van der Waals surface area contributed by atoms with Crippen LogP contribution >= 0.6 is 11.6 Å². The average molecular weight is 281 g/mol. The Morgan fingerprint density at radius 3 is 2.53 bits per heavy atom. The van der Waals surface area contributed by atoms with E-state index in [1.165, 1.54) is 4.68 Å². The molecule has 102 valence electrons. The molecule has 0 saturated carbocycles. The quantitative estimate of drug-likeness (QED) is 0.847. The molecule has 0 amide bonds. The van der Waals surface area contributed by atoms with Crippen LogP contribution in [0.4, 0.5) is 5.82 Å². The van der Waals surface area contributed by atoms with E-state index in [2.05, 4.69) is 4.98 Å². The van der Waals surface area contributed by atoms with Crippen molar-refractivity contribution >= 4 is 17.4 Å². The molecule has 1 aromatic carbocycles. The van der Waals surface area contributed by atoms with Gasteiger partial charge in [-0.25, -0.2) is 9.66 Å². The predicted octanol–water partition coefficient (Wildman–Crippen LogP) is 2.63. The van der Waals surface area contributed by atoms with E-state index < -0.39 is 0 Å². The van der Waals surface area contributed by atoms with Gasteiger partial charge in [-0.2, -0.15) is 0 Å². The molecule has 2 rings (SSSR count). The summed E-state index contributed by atoms with van der Waals surface area (Å²) in [6.45, 7) is 4.02. The predicted molar refractivity (Wildman–Crippen MR) is 77.9 cm³/mol. The molecular weight excluding hydrogens is 264 g/mol. The summed E-state index contributed by atoms with van der Waals surface area (Å²) >= 11 is 6.11. The summed E-state index contributed by atoms with van der Waals surface area (Å²) in [5.41, 5.74) is 7.44. The lowest BCUT2D eigenvalue weighted by molar-refractivity contribution is 0.415. The summed E-state index contributed by atoms with van der Waals surface area (Å²) in [6, 6.07) is 5.40. The molecule has 2 aromatic rings. The van der Waals surface area contributed by atoms with Crippen molar-refractivity contribution in [1.82, 2.24) is 9.66 Å². The van der Waals surface area contributed by atoms with Gasteiger partial charge in [0.05, 0.1) is 12.1 Å². The van der Waals surface area contributed by atoms with E-state index in [0.717, 1.165) is 11.4 Å². The van der Waals surface area contributed by atoms with Gasteiger partial charge in [0, 0.05) is 11.5 Å². The number of nitrogens with two attached hydrogens (primary N) is 2. The third kappa shape index (κ3) is 2.33. The SMILES string of the molecule is COc1ccc(-c2nc(C(C)C)n(N)c2N)cc1Cl. The smallest absolute Gasteiger partial charge is 0.150 e. The summed E-state index contributed by atoms with van der Waals surface area (Å²) in [7, 11) is 1.57. The van der Waals surface area contributed by atoms with Crippen molar-refractivity contribution in [2.75, 3.05) is 18.7 Å². The summed E-state index contributed by atoms with van der Waals surface area (Å²) in [4.78, 5) is 4.49. The molecule has 0 unspecified atom stereocenters. The van der Waals surface area contributed by atoms with Crippen molar-refractivity contribution in [2.45, 2.75) is 19.8 Å². The highest BCUT2D eigenvalue weighted by Crippen LogP contribution is 2.33. The zero-order chi connectivity index (χ0) is 14.2. The zero-order valence-corrected chi connectivity index (χ0v) is 11.9. The lowest BCUT2D eigenvalue weighted by Gasteiger charge is -2.05. The van der Waals surface area contributed by atoms with Gasteiger partial charge in [0.2, 0.25) is 0 Å². The number of hydrogen-bond acceptors (Lipinski definition) is 4. The molecule has 19 heavy (non-hydrogen) atoms. The Morgan fingerprint density at radius 1 is 1.37 bits per heavy atom. The van der Waals surface area contributed by atoms with Crippen LogP contribution in [0.5, 0.6) is 5.75 Å². The van der Waals surface area contributed by atoms with Crippen molar-refractivity contribution in [3.8, 4) is 17.0 Å². The second-order valence-electron chi connectivity index (χ2n) is 4.58. The third-order valence-corrected chi connectivity index (χ3v) is 3.21. The van der Waals surface area contributed by atoms with Crippen molar-refractivity contribution in [2.24, 2.45) is 0 Å². The van der Waals surface area contributed by atoms with E-state index in [9.17, 15) is 0 Å². The van der Waals surface area contributed by atoms with Gasteiger partial charge >= 0.3 is 0 Å². The van der Waals surface area contributed by atoms with Crippen LogP contribution in [0.1, 0.15) is 25.6 Å². The second-order valence-corrected chi connectivity index (χ2v) is 4.99. The molecule has 1 heterocycles. The normalized spacial score (nSPS) is 11.0. The van der Waals surface area contributed by atoms with Crippen molar-refractivity contribution < 1.29 is 4.74 Å². The van der Waals surface area contributed by atoms with Crippen LogP contribution in [0.25, 0.3) is 11.3 Å². The maximum atomic E-state index is 6.11. The fourth-order valence-electron chi connectivity index (χ4n) is 1.90. The Morgan fingerprint density at radius 2 is 2.05 bits per heavy atom. The van der Waals surface area contributed by atoms with Crippen LogP contribution in [0.3, 0.4) is 0 Å². The van der Waals surface area contributed by atoms with Crippen LogP contribution in [0, 0.1) is 0 Å². The van der Waals surface area contributed by atoms with Crippen LogP contribution in [-0.2, 0) is 0 Å². The van der Waals surface area contributed by atoms with E-state index in [-0.39, 0.29) is 5.92 Å². The molecule has 0 bridgehead atoms. The number of ether oxygens (including phenoxy) is 1. The van der Waals surface area contributed by atoms with Crippen LogP contribution in [0.15, 0.2) is 18.2 Å². The largest absolute Gasteiger partial charge is 0.495 e. The summed E-state index contributed by atoms with van der Waals surface area (Å²) < 4.78 is 6.53. The Balaban J connectivity index is 2.53. The maximum Gasteiger partial charge on any atom is 0.150 e. The molecule has 0 saturated heterocycles. The molecule has 0 aliphatic rings. The number of anilines is 1. The molecule has 0 aliphatic carbocycles. The Labute approximate surface area is 117 Å². The van der Waals surface area contributed by atoms with E-state index in [1.807, 2.05) is 19.9 Å². The molecule has 4 N–H and O–H groups in total. The molecule has 0 aliphatic heterocycles. The van der Waals surface area contributed by atoms with Gasteiger partial charge in [0.1, 0.15) is 17.3 Å². The highest BCUT2D eigenvalue weighted by Gasteiger charge is 2.17. The van der Waals surface area contributed by atoms with Gasteiger partial charge in [-0.15, -0.1) is 0 Å². The lowest BCUT2D eigenvalue weighted by Crippen LogP contribution is -2.16. The number of benzene rings is 1. The van der Waals surface area contributed by atoms with E-state index in [0.29, 0.717) is 22.3 Å². The Hall–Kier alpha value is -1.88. The fraction of sp³-hybridized carbons (Fsp3) is 0.308. The van der Waals surface area contributed by atoms with Gasteiger partial charge in [0.15, 0.2) is 5.82 Å². The minimum Gasteiger partial charge on any atom is -0.495 e. The maximum absolute atomic E-state index is 6.11. The number of imidazole rings is 1. The standard InChI is InChI=1S/C13H17ClN4O/c1-7(2)13-17-11(12(15)18(13)16)8-4-5-10(19-3)9(14)6-8/h4-7H,15-16H2,1-3H3. The minimum absolute atomic E-state index is 0.190. The number of nitrogens with zero attached hydrogens (tertiary/aromatic N) is 2. The molecule has 0 radical (unpaired) electrons. The number of halogens is 1. The van der Waals surface area contributed by atoms with E-state index in [4.69, 9.17) is 27.9 Å². The van der Waals surface area contributed by atoms with E-state index >= 15 is 0 Å². The highest BCUT2D eigenvalue weighted by molar-refractivity contribution is 6.32. The number of aromatic nitrogens is 2. The molecular formula is C13H17ClN4O. The van der Waals surface area contributed by atoms with Crippen LogP contribution < -0.4 is 16.3 Å². The van der Waals surface area contributed by atoms with Gasteiger partial charge in [-0.3, -0.25) is 0 Å². The minimum atomic E-state index is 0.190. The topological polar surface area (TPSA) is 79.1 Å². The number of nitrogen functional groups attached to an aromatic ring is 2. The van der Waals surface area contributed by atoms with Crippen LogP contribution in [-0.4, -0.2) is 16.8 Å². The first kappa shape index (κ1) is 13.5. The molecule has 0 fully saturated rings. The number of rotatable bonds is 3. The average Bonchev–Trinajstić information content (AvgIpc) is 2.66.